The summed E-state index contributed by atoms with van der Waals surface area (Å²) in [6.07, 6.45) is -4.64. The molecule has 1 N–H and O–H groups in total. The lowest BCUT2D eigenvalue weighted by atomic mass is 10.2. The summed E-state index contributed by atoms with van der Waals surface area (Å²) in [7, 11) is 0. The molecule has 6 nitrogen and oxygen atoms in total. The predicted molar refractivity (Wildman–Crippen MR) is 75.6 cm³/mol. The van der Waals surface area contributed by atoms with Crippen molar-refractivity contribution in [1.82, 2.24) is 10.2 Å². The Morgan fingerprint density at radius 1 is 1.26 bits per heavy atom. The molecule has 0 aliphatic carbocycles. The molecule has 0 saturated heterocycles. The maximum Gasteiger partial charge on any atom is 0.445 e. The first kappa shape index (κ1) is 17.2. The second-order valence-electron chi connectivity index (χ2n) is 4.13. The highest BCUT2D eigenvalue weighted by atomic mass is 35.5. The highest BCUT2D eigenvalue weighted by molar-refractivity contribution is 7.15. The molecule has 0 aliphatic heterocycles. The Bertz CT molecular complexity index is 763. The van der Waals surface area contributed by atoms with Crippen LogP contribution in [0.25, 0.3) is 0 Å². The van der Waals surface area contributed by atoms with Crippen LogP contribution in [0.15, 0.2) is 18.2 Å². The third-order valence-electron chi connectivity index (χ3n) is 2.28. The van der Waals surface area contributed by atoms with Gasteiger partial charge in [0.15, 0.2) is 0 Å². The maximum atomic E-state index is 12.4. The van der Waals surface area contributed by atoms with Gasteiger partial charge in [0.25, 0.3) is 5.91 Å². The first-order chi connectivity index (χ1) is 10.6. The van der Waals surface area contributed by atoms with Crippen LogP contribution in [-0.4, -0.2) is 22.1 Å². The number of nitrogens with one attached hydrogen (secondary N) is 1. The molecule has 0 aliphatic rings. The van der Waals surface area contributed by atoms with E-state index in [0.717, 1.165) is 0 Å². The van der Waals surface area contributed by atoms with Gasteiger partial charge in [-0.25, -0.2) is 0 Å². The summed E-state index contributed by atoms with van der Waals surface area (Å²) < 4.78 is 42.1. The van der Waals surface area contributed by atoms with Crippen LogP contribution in [0.3, 0.4) is 0 Å². The second kappa shape index (κ2) is 6.50. The Balaban J connectivity index is 2.19. The fourth-order valence-electron chi connectivity index (χ4n) is 1.48. The highest BCUT2D eigenvalue weighted by Crippen LogP contribution is 2.33. The minimum Gasteiger partial charge on any atom is -0.427 e. The van der Waals surface area contributed by atoms with Crippen LogP contribution in [0.4, 0.5) is 18.3 Å². The van der Waals surface area contributed by atoms with E-state index in [4.69, 9.17) is 16.3 Å². The summed E-state index contributed by atoms with van der Waals surface area (Å²) in [4.78, 5) is 22.9. The van der Waals surface area contributed by atoms with Crippen molar-refractivity contribution in [1.29, 1.82) is 0 Å². The van der Waals surface area contributed by atoms with Gasteiger partial charge in [0.2, 0.25) is 10.1 Å². The van der Waals surface area contributed by atoms with Crippen molar-refractivity contribution >= 4 is 39.9 Å². The Morgan fingerprint density at radius 2 is 1.96 bits per heavy atom. The monoisotopic (exact) mass is 365 g/mol. The Morgan fingerprint density at radius 3 is 2.52 bits per heavy atom. The van der Waals surface area contributed by atoms with E-state index in [0.29, 0.717) is 0 Å². The van der Waals surface area contributed by atoms with E-state index in [1.165, 1.54) is 25.1 Å². The van der Waals surface area contributed by atoms with E-state index >= 15 is 0 Å². The van der Waals surface area contributed by atoms with E-state index in [9.17, 15) is 22.8 Å². The molecule has 2 rings (SSSR count). The van der Waals surface area contributed by atoms with Gasteiger partial charge < -0.3 is 4.74 Å². The van der Waals surface area contributed by atoms with Gasteiger partial charge in [-0.05, 0) is 18.2 Å². The number of alkyl halides is 3. The number of ether oxygens (including phenoxy) is 1. The van der Waals surface area contributed by atoms with E-state index < -0.39 is 23.1 Å². The smallest absolute Gasteiger partial charge is 0.427 e. The zero-order valence-electron chi connectivity index (χ0n) is 11.3. The van der Waals surface area contributed by atoms with Gasteiger partial charge in [-0.2, -0.15) is 13.2 Å². The lowest BCUT2D eigenvalue weighted by Crippen LogP contribution is -2.12. The van der Waals surface area contributed by atoms with Crippen molar-refractivity contribution in [2.24, 2.45) is 0 Å². The number of rotatable bonds is 3. The molecule has 2 aromatic rings. The Hall–Kier alpha value is -2.20. The summed E-state index contributed by atoms with van der Waals surface area (Å²) in [5.41, 5.74) is -0.0162. The number of aromatic nitrogens is 2. The van der Waals surface area contributed by atoms with Crippen LogP contribution in [0.2, 0.25) is 5.02 Å². The molecule has 0 bridgehead atoms. The zero-order valence-corrected chi connectivity index (χ0v) is 12.8. The van der Waals surface area contributed by atoms with E-state index in [-0.39, 0.29) is 32.8 Å². The van der Waals surface area contributed by atoms with Crippen LogP contribution < -0.4 is 10.1 Å². The Kier molecular flexibility index (Phi) is 4.85. The van der Waals surface area contributed by atoms with Crippen LogP contribution in [0.1, 0.15) is 22.3 Å². The van der Waals surface area contributed by atoms with Crippen molar-refractivity contribution < 1.29 is 27.5 Å². The Labute approximate surface area is 136 Å². The van der Waals surface area contributed by atoms with E-state index in [1.807, 2.05) is 0 Å². The molecule has 1 aromatic carbocycles. The highest BCUT2D eigenvalue weighted by Gasteiger charge is 2.35. The molecule has 11 heteroatoms. The molecular formula is C12H7ClF3N3O3S. The predicted octanol–water partition coefficient (Wildman–Crippen LogP) is 3.39. The molecule has 0 radical (unpaired) electrons. The van der Waals surface area contributed by atoms with E-state index in [2.05, 4.69) is 15.5 Å². The van der Waals surface area contributed by atoms with Gasteiger partial charge in [-0.15, -0.1) is 10.2 Å². The standard InChI is InChI=1S/C12H7ClF3N3O3S/c1-5(20)22-8-3-6(2-7(13)4-8)9(21)17-11-19-18-10(23-11)12(14,15)16/h2-4H,1H3,(H,17,19,21). The van der Waals surface area contributed by atoms with Crippen LogP contribution in [0, 0.1) is 0 Å². The van der Waals surface area contributed by atoms with Gasteiger partial charge in [-0.3, -0.25) is 14.9 Å². The molecule has 0 spiro atoms. The molecule has 1 aromatic heterocycles. The fraction of sp³-hybridized carbons (Fsp3) is 0.167. The number of carbonyl (C=O) groups is 2. The molecule has 1 amide bonds. The normalized spacial score (nSPS) is 11.2. The van der Waals surface area contributed by atoms with Crippen LogP contribution in [0.5, 0.6) is 5.75 Å². The average molecular weight is 366 g/mol. The van der Waals surface area contributed by atoms with Crippen molar-refractivity contribution in [2.75, 3.05) is 5.32 Å². The number of hydrogen-bond donors (Lipinski definition) is 1. The van der Waals surface area contributed by atoms with Crippen LogP contribution in [-0.2, 0) is 11.0 Å². The van der Waals surface area contributed by atoms with Crippen LogP contribution >= 0.6 is 22.9 Å². The summed E-state index contributed by atoms with van der Waals surface area (Å²) in [6, 6.07) is 3.79. The largest absolute Gasteiger partial charge is 0.445 e. The number of nitrogens with zero attached hydrogens (tertiary/aromatic N) is 2. The number of benzene rings is 1. The summed E-state index contributed by atoms with van der Waals surface area (Å²) in [5.74, 6) is -1.35. The minimum absolute atomic E-state index is 0.0162. The first-order valence-corrected chi connectivity index (χ1v) is 7.05. The summed E-state index contributed by atoms with van der Waals surface area (Å²) in [6.45, 7) is 1.17. The van der Waals surface area contributed by atoms with Gasteiger partial charge in [0, 0.05) is 17.5 Å². The zero-order chi connectivity index (χ0) is 17.2. The number of carbonyl (C=O) groups excluding carboxylic acids is 2. The van der Waals surface area contributed by atoms with Crippen molar-refractivity contribution in [3.05, 3.63) is 33.8 Å². The summed E-state index contributed by atoms with van der Waals surface area (Å²) in [5, 5.41) is 6.96. The molecule has 1 heterocycles. The topological polar surface area (TPSA) is 81.2 Å². The minimum atomic E-state index is -4.64. The molecule has 23 heavy (non-hydrogen) atoms. The van der Waals surface area contributed by atoms with Crippen molar-refractivity contribution in [3.63, 3.8) is 0 Å². The molecule has 0 unspecified atom stereocenters. The van der Waals surface area contributed by atoms with Gasteiger partial charge in [-0.1, -0.05) is 22.9 Å². The molecule has 0 atom stereocenters. The third-order valence-corrected chi connectivity index (χ3v) is 3.38. The van der Waals surface area contributed by atoms with Gasteiger partial charge in [0.1, 0.15) is 5.75 Å². The maximum absolute atomic E-state index is 12.4. The third kappa shape index (κ3) is 4.63. The van der Waals surface area contributed by atoms with Crippen molar-refractivity contribution in [3.8, 4) is 5.75 Å². The first-order valence-electron chi connectivity index (χ1n) is 5.86. The fourth-order valence-corrected chi connectivity index (χ4v) is 2.31. The number of halogens is 4. The summed E-state index contributed by atoms with van der Waals surface area (Å²) >= 11 is 5.98. The van der Waals surface area contributed by atoms with Crippen molar-refractivity contribution in [2.45, 2.75) is 13.1 Å². The average Bonchev–Trinajstić information content (AvgIpc) is 2.85. The SMILES string of the molecule is CC(=O)Oc1cc(Cl)cc(C(=O)Nc2nnc(C(F)(F)F)s2)c1. The van der Waals surface area contributed by atoms with Gasteiger partial charge in [0.05, 0.1) is 0 Å². The molecule has 0 saturated carbocycles. The number of esters is 1. The second-order valence-corrected chi connectivity index (χ2v) is 5.55. The van der Waals surface area contributed by atoms with E-state index in [1.54, 1.807) is 0 Å². The number of hydrogen-bond acceptors (Lipinski definition) is 6. The number of amides is 1. The molecular weight excluding hydrogens is 359 g/mol. The molecule has 122 valence electrons. The van der Waals surface area contributed by atoms with Gasteiger partial charge >= 0.3 is 12.1 Å². The number of anilines is 1. The quantitative estimate of drug-likeness (QED) is 0.666. The lowest BCUT2D eigenvalue weighted by Gasteiger charge is -2.06. The lowest BCUT2D eigenvalue weighted by molar-refractivity contribution is -0.138. The molecule has 0 fully saturated rings.